The van der Waals surface area contributed by atoms with Crippen LogP contribution < -0.4 is 10.5 Å². The minimum absolute atomic E-state index is 0.0188. The molecule has 0 fully saturated rings. The van der Waals surface area contributed by atoms with E-state index in [4.69, 9.17) is 15.0 Å². The summed E-state index contributed by atoms with van der Waals surface area (Å²) in [7, 11) is 1.28. The highest BCUT2D eigenvalue weighted by Crippen LogP contribution is 2.42. The average Bonchev–Trinajstić information content (AvgIpc) is 3.09. The Morgan fingerprint density at radius 1 is 1.26 bits per heavy atom. The third-order valence-corrected chi connectivity index (χ3v) is 3.78. The number of ether oxygens (including phenoxy) is 1. The molecule has 0 saturated heterocycles. The van der Waals surface area contributed by atoms with Crippen LogP contribution in [-0.4, -0.2) is 23.2 Å². The lowest BCUT2D eigenvalue weighted by Crippen LogP contribution is -2.13. The largest absolute Gasteiger partial charge is 0.496 e. The zero-order valence-corrected chi connectivity index (χ0v) is 14.1. The molecule has 0 bridgehead atoms. The van der Waals surface area contributed by atoms with E-state index in [9.17, 15) is 18.0 Å². The van der Waals surface area contributed by atoms with Crippen molar-refractivity contribution in [1.29, 1.82) is 0 Å². The normalized spacial score (nSPS) is 11.4. The number of methoxy groups -OCH3 is 1. The number of pyridine rings is 1. The summed E-state index contributed by atoms with van der Waals surface area (Å²) in [6.07, 6.45) is -1.70. The number of aromatic nitrogens is 2. The third-order valence-electron chi connectivity index (χ3n) is 3.78. The highest BCUT2D eigenvalue weighted by atomic mass is 19.4. The molecule has 2 aromatic heterocycles. The molecule has 0 spiro atoms. The first-order chi connectivity index (χ1) is 12.8. The Labute approximate surface area is 151 Å². The van der Waals surface area contributed by atoms with Crippen LogP contribution in [0.3, 0.4) is 0 Å². The van der Waals surface area contributed by atoms with Crippen LogP contribution in [0, 0.1) is 0 Å². The molecule has 0 aliphatic heterocycles. The van der Waals surface area contributed by atoms with E-state index in [1.807, 2.05) is 0 Å². The second-order valence-electron chi connectivity index (χ2n) is 5.68. The molecule has 140 valence electrons. The number of rotatable bonds is 5. The van der Waals surface area contributed by atoms with E-state index in [2.05, 4.69) is 10.1 Å². The molecule has 1 amide bonds. The number of nitrogens with zero attached hydrogens (tertiary/aromatic N) is 2. The predicted octanol–water partition coefficient (Wildman–Crippen LogP) is 3.46. The van der Waals surface area contributed by atoms with Crippen molar-refractivity contribution in [2.75, 3.05) is 7.11 Å². The van der Waals surface area contributed by atoms with Crippen LogP contribution in [0.4, 0.5) is 13.2 Å². The first-order valence-electron chi connectivity index (χ1n) is 7.73. The third kappa shape index (κ3) is 3.91. The van der Waals surface area contributed by atoms with Crippen molar-refractivity contribution in [2.24, 2.45) is 5.73 Å². The summed E-state index contributed by atoms with van der Waals surface area (Å²) in [5, 5.41) is 3.76. The minimum Gasteiger partial charge on any atom is -0.496 e. The maximum absolute atomic E-state index is 13.4. The molecule has 0 radical (unpaired) electrons. The van der Waals surface area contributed by atoms with Gasteiger partial charge in [0.15, 0.2) is 5.76 Å². The number of carbonyl (C=O) groups is 1. The SMILES string of the molecule is COc1cccc(C(F)(F)F)c1-c1cc(-c2cncc(CC(N)=O)c2)on1. The number of hydrogen-bond donors (Lipinski definition) is 1. The highest BCUT2D eigenvalue weighted by molar-refractivity contribution is 5.77. The number of amides is 1. The Bertz CT molecular complexity index is 983. The molecule has 3 aromatic rings. The number of alkyl halides is 3. The van der Waals surface area contributed by atoms with Crippen molar-refractivity contribution >= 4 is 5.91 Å². The van der Waals surface area contributed by atoms with E-state index in [0.29, 0.717) is 11.1 Å². The lowest BCUT2D eigenvalue weighted by Gasteiger charge is -2.14. The monoisotopic (exact) mass is 377 g/mol. The molecule has 0 unspecified atom stereocenters. The average molecular weight is 377 g/mol. The number of halogens is 3. The maximum atomic E-state index is 13.4. The highest BCUT2D eigenvalue weighted by Gasteiger charge is 2.36. The molecule has 6 nitrogen and oxygen atoms in total. The van der Waals surface area contributed by atoms with E-state index in [0.717, 1.165) is 6.07 Å². The molecule has 0 aliphatic rings. The molecule has 1 aromatic carbocycles. The van der Waals surface area contributed by atoms with Gasteiger partial charge in [0.1, 0.15) is 11.4 Å². The van der Waals surface area contributed by atoms with Crippen LogP contribution in [0.5, 0.6) is 5.75 Å². The van der Waals surface area contributed by atoms with Crippen LogP contribution in [0.15, 0.2) is 47.2 Å². The summed E-state index contributed by atoms with van der Waals surface area (Å²) >= 11 is 0. The minimum atomic E-state index is -4.59. The fourth-order valence-electron chi connectivity index (χ4n) is 2.65. The molecular weight excluding hydrogens is 363 g/mol. The van der Waals surface area contributed by atoms with Crippen molar-refractivity contribution in [3.05, 3.63) is 53.9 Å². The van der Waals surface area contributed by atoms with Gasteiger partial charge in [-0.05, 0) is 23.8 Å². The first-order valence-corrected chi connectivity index (χ1v) is 7.73. The number of nitrogens with two attached hydrogens (primary N) is 1. The molecule has 2 N–H and O–H groups in total. The zero-order valence-electron chi connectivity index (χ0n) is 14.1. The summed E-state index contributed by atoms with van der Waals surface area (Å²) < 4.78 is 50.4. The summed E-state index contributed by atoms with van der Waals surface area (Å²) in [5.74, 6) is -0.316. The zero-order chi connectivity index (χ0) is 19.6. The Balaban J connectivity index is 2.06. The van der Waals surface area contributed by atoms with E-state index in [-0.39, 0.29) is 29.2 Å². The second kappa shape index (κ2) is 7.10. The molecule has 3 rings (SSSR count). The Hall–Kier alpha value is -3.36. The predicted molar refractivity (Wildman–Crippen MR) is 89.6 cm³/mol. The van der Waals surface area contributed by atoms with Crippen molar-refractivity contribution in [1.82, 2.24) is 10.1 Å². The smallest absolute Gasteiger partial charge is 0.417 e. The van der Waals surface area contributed by atoms with Gasteiger partial charge in [-0.3, -0.25) is 9.78 Å². The second-order valence-corrected chi connectivity index (χ2v) is 5.68. The lowest BCUT2D eigenvalue weighted by atomic mass is 10.0. The molecule has 9 heteroatoms. The van der Waals surface area contributed by atoms with Gasteiger partial charge in [-0.15, -0.1) is 0 Å². The van der Waals surface area contributed by atoms with Crippen molar-refractivity contribution in [3.8, 4) is 28.3 Å². The number of carbonyl (C=O) groups excluding carboxylic acids is 1. The van der Waals surface area contributed by atoms with E-state index >= 15 is 0 Å². The summed E-state index contributed by atoms with van der Waals surface area (Å²) in [6, 6.07) is 6.58. The molecule has 2 heterocycles. The Kier molecular flexibility index (Phi) is 4.85. The number of benzene rings is 1. The topological polar surface area (TPSA) is 91.2 Å². The van der Waals surface area contributed by atoms with E-state index in [1.54, 1.807) is 6.07 Å². The standard InChI is InChI=1S/C18H14F3N3O3/c1-26-14-4-2-3-12(18(19,20)21)17(14)13-7-15(27-24-13)11-5-10(6-16(22)25)8-23-9-11/h2-5,7-9H,6H2,1H3,(H2,22,25). The lowest BCUT2D eigenvalue weighted by molar-refractivity contribution is -0.137. The van der Waals surface area contributed by atoms with Gasteiger partial charge >= 0.3 is 6.18 Å². The van der Waals surface area contributed by atoms with Gasteiger partial charge in [0.2, 0.25) is 5.91 Å². The van der Waals surface area contributed by atoms with Crippen molar-refractivity contribution in [3.63, 3.8) is 0 Å². The maximum Gasteiger partial charge on any atom is 0.417 e. The number of primary amides is 1. The van der Waals surface area contributed by atoms with Crippen LogP contribution in [0.25, 0.3) is 22.6 Å². The molecule has 0 atom stereocenters. The molecular formula is C18H14F3N3O3. The summed E-state index contributed by atoms with van der Waals surface area (Å²) in [5.41, 5.74) is 5.02. The fourth-order valence-corrected chi connectivity index (χ4v) is 2.65. The van der Waals surface area contributed by atoms with Gasteiger partial charge in [0.25, 0.3) is 0 Å². The molecule has 27 heavy (non-hydrogen) atoms. The molecule has 0 saturated carbocycles. The first kappa shape index (κ1) is 18.4. The van der Waals surface area contributed by atoms with Crippen LogP contribution >= 0.6 is 0 Å². The van der Waals surface area contributed by atoms with Gasteiger partial charge in [0, 0.05) is 24.0 Å². The van der Waals surface area contributed by atoms with E-state index in [1.165, 1.54) is 37.7 Å². The quantitative estimate of drug-likeness (QED) is 0.735. The van der Waals surface area contributed by atoms with Gasteiger partial charge in [0.05, 0.1) is 24.7 Å². The summed E-state index contributed by atoms with van der Waals surface area (Å²) in [4.78, 5) is 15.0. The number of hydrogen-bond acceptors (Lipinski definition) is 5. The Morgan fingerprint density at radius 3 is 2.70 bits per heavy atom. The van der Waals surface area contributed by atoms with Gasteiger partial charge < -0.3 is 15.0 Å². The summed E-state index contributed by atoms with van der Waals surface area (Å²) in [6.45, 7) is 0. The van der Waals surface area contributed by atoms with Crippen LogP contribution in [0.1, 0.15) is 11.1 Å². The van der Waals surface area contributed by atoms with Crippen LogP contribution in [0.2, 0.25) is 0 Å². The molecule has 0 aliphatic carbocycles. The van der Waals surface area contributed by atoms with Gasteiger partial charge in [-0.2, -0.15) is 13.2 Å². The van der Waals surface area contributed by atoms with Crippen molar-refractivity contribution < 1.29 is 27.2 Å². The van der Waals surface area contributed by atoms with Gasteiger partial charge in [-0.1, -0.05) is 11.2 Å². The van der Waals surface area contributed by atoms with Gasteiger partial charge in [-0.25, -0.2) is 0 Å². The van der Waals surface area contributed by atoms with Crippen LogP contribution in [-0.2, 0) is 17.4 Å². The van der Waals surface area contributed by atoms with E-state index < -0.39 is 17.6 Å². The fraction of sp³-hybridized carbons (Fsp3) is 0.167. The van der Waals surface area contributed by atoms with Crippen molar-refractivity contribution in [2.45, 2.75) is 12.6 Å². The Morgan fingerprint density at radius 2 is 2.04 bits per heavy atom.